The maximum Gasteiger partial charge on any atom is 0.306 e. The first-order valence-electron chi connectivity index (χ1n) is 25.3. The Hall–Kier alpha value is -1.27. The highest BCUT2D eigenvalue weighted by molar-refractivity contribution is 5.69. The summed E-state index contributed by atoms with van der Waals surface area (Å²) in [5, 5.41) is 72.0. The number of unbranched alkanes of at least 4 members (excludes halogenated alkanes) is 24. The van der Waals surface area contributed by atoms with Crippen LogP contribution in [-0.2, 0) is 33.2 Å². The number of hydrogen-bond donors (Lipinski definition) is 7. The van der Waals surface area contributed by atoms with Gasteiger partial charge >= 0.3 is 5.97 Å². The topological polar surface area (TPSA) is 214 Å². The normalized spacial score (nSPS) is 27.0. The van der Waals surface area contributed by atoms with Crippen LogP contribution in [0.15, 0.2) is 12.2 Å². The van der Waals surface area contributed by atoms with Crippen LogP contribution in [0.3, 0.4) is 0 Å². The van der Waals surface area contributed by atoms with Crippen LogP contribution in [0, 0.1) is 0 Å². The predicted molar refractivity (Wildman–Crippen MR) is 243 cm³/mol. The van der Waals surface area contributed by atoms with Crippen molar-refractivity contribution in [2.24, 2.45) is 0 Å². The van der Waals surface area contributed by atoms with Gasteiger partial charge in [-0.3, -0.25) is 4.79 Å². The van der Waals surface area contributed by atoms with Crippen LogP contribution < -0.4 is 0 Å². The monoisotopic (exact) mass is 905 g/mol. The number of rotatable bonds is 40. The fourth-order valence-corrected chi connectivity index (χ4v) is 8.10. The van der Waals surface area contributed by atoms with Crippen LogP contribution in [0.4, 0.5) is 0 Å². The average Bonchev–Trinajstić information content (AvgIpc) is 3.28. The van der Waals surface area contributed by atoms with E-state index in [1.165, 1.54) is 122 Å². The Bertz CT molecular complexity index is 1100. The van der Waals surface area contributed by atoms with Gasteiger partial charge in [0.25, 0.3) is 0 Å². The molecule has 2 heterocycles. The molecule has 11 atom stereocenters. The summed E-state index contributed by atoms with van der Waals surface area (Å²) in [5.74, 6) is -0.377. The second kappa shape index (κ2) is 37.8. The molecule has 0 radical (unpaired) electrons. The molecule has 63 heavy (non-hydrogen) atoms. The molecule has 0 aromatic heterocycles. The highest BCUT2D eigenvalue weighted by Crippen LogP contribution is 2.26. The third-order valence-electron chi connectivity index (χ3n) is 12.3. The predicted octanol–water partition coefficient (Wildman–Crippen LogP) is 7.07. The van der Waals surface area contributed by atoms with E-state index in [2.05, 4.69) is 26.0 Å². The summed E-state index contributed by atoms with van der Waals surface area (Å²) in [6, 6.07) is 0. The van der Waals surface area contributed by atoms with E-state index >= 15 is 0 Å². The molecule has 0 aliphatic carbocycles. The van der Waals surface area contributed by atoms with Gasteiger partial charge in [-0.05, 0) is 38.5 Å². The summed E-state index contributed by atoms with van der Waals surface area (Å²) in [4.78, 5) is 13.0. The second-order valence-corrected chi connectivity index (χ2v) is 18.0. The van der Waals surface area contributed by atoms with E-state index in [4.69, 9.17) is 28.4 Å². The number of carbonyl (C=O) groups is 1. The SMILES string of the molecule is CCCCCCCCC/C=C\CCCCCCCCOCC(COC1OC(COC2OC(CO)C(O)C(O)C2O)C(O)C(O)C1O)OC(=O)CCCCCCCCCCCCCC. The molecule has 2 aliphatic heterocycles. The van der Waals surface area contributed by atoms with Crippen molar-refractivity contribution in [3.63, 3.8) is 0 Å². The molecule has 2 aliphatic rings. The quantitative estimate of drug-likeness (QED) is 0.0186. The summed E-state index contributed by atoms with van der Waals surface area (Å²) >= 11 is 0. The standard InChI is InChI=1S/C49H92O14/c1-3-5-7-9-11-13-15-17-18-19-20-21-23-25-27-29-31-33-58-35-38(61-41(51)32-30-28-26-24-22-16-14-12-10-8-6-4-2)36-59-48-47(57)45(55)43(53)40(63-48)37-60-49-46(56)44(54)42(52)39(34-50)62-49/h18-19,38-40,42-50,52-57H,3-17,20-37H2,1-2H3/b19-18-. The van der Waals surface area contributed by atoms with E-state index in [0.717, 1.165) is 44.9 Å². The minimum atomic E-state index is -1.70. The van der Waals surface area contributed by atoms with Crippen molar-refractivity contribution in [1.29, 1.82) is 0 Å². The summed E-state index contributed by atoms with van der Waals surface area (Å²) in [5.41, 5.74) is 0. The van der Waals surface area contributed by atoms with Gasteiger partial charge in [0.15, 0.2) is 12.6 Å². The lowest BCUT2D eigenvalue weighted by molar-refractivity contribution is -0.332. The molecule has 0 amide bonds. The minimum absolute atomic E-state index is 0.0625. The van der Waals surface area contributed by atoms with E-state index in [0.29, 0.717) is 13.0 Å². The van der Waals surface area contributed by atoms with Gasteiger partial charge in [-0.15, -0.1) is 0 Å². The van der Waals surface area contributed by atoms with Crippen LogP contribution in [-0.4, -0.2) is 142 Å². The van der Waals surface area contributed by atoms with Gasteiger partial charge in [-0.2, -0.15) is 0 Å². The second-order valence-electron chi connectivity index (χ2n) is 18.0. The van der Waals surface area contributed by atoms with E-state index in [-0.39, 0.29) is 25.6 Å². The van der Waals surface area contributed by atoms with Crippen LogP contribution in [0.5, 0.6) is 0 Å². The summed E-state index contributed by atoms with van der Waals surface area (Å²) in [6.45, 7) is 3.68. The van der Waals surface area contributed by atoms with Crippen molar-refractivity contribution in [3.8, 4) is 0 Å². The average molecular weight is 905 g/mol. The Balaban J connectivity index is 1.77. The summed E-state index contributed by atoms with van der Waals surface area (Å²) in [6.07, 6.45) is 21.3. The molecule has 2 fully saturated rings. The number of allylic oxidation sites excluding steroid dienone is 2. The smallest absolute Gasteiger partial charge is 0.306 e. The Labute approximate surface area is 380 Å². The first kappa shape index (κ1) is 57.9. The van der Waals surface area contributed by atoms with Crippen LogP contribution in [0.1, 0.15) is 194 Å². The van der Waals surface area contributed by atoms with Gasteiger partial charge in [-0.25, -0.2) is 0 Å². The first-order valence-corrected chi connectivity index (χ1v) is 25.3. The zero-order valence-corrected chi connectivity index (χ0v) is 39.3. The van der Waals surface area contributed by atoms with Gasteiger partial charge in [0.05, 0.1) is 26.4 Å². The lowest BCUT2D eigenvalue weighted by atomic mass is 9.98. The first-order chi connectivity index (χ1) is 30.6. The third kappa shape index (κ3) is 26.0. The molecule has 0 aromatic carbocycles. The summed E-state index contributed by atoms with van der Waals surface area (Å²) in [7, 11) is 0. The Morgan fingerprint density at radius 2 is 0.937 bits per heavy atom. The molecular formula is C49H92O14. The van der Waals surface area contributed by atoms with Gasteiger partial charge in [-0.1, -0.05) is 161 Å². The Kier molecular flexibility index (Phi) is 34.7. The van der Waals surface area contributed by atoms with Crippen molar-refractivity contribution in [3.05, 3.63) is 12.2 Å². The lowest BCUT2D eigenvalue weighted by Gasteiger charge is -2.42. The van der Waals surface area contributed by atoms with Gasteiger partial charge < -0.3 is 64.2 Å². The van der Waals surface area contributed by atoms with Gasteiger partial charge in [0.1, 0.15) is 54.9 Å². The van der Waals surface area contributed by atoms with E-state index in [1.807, 2.05) is 0 Å². The molecule has 7 N–H and O–H groups in total. The van der Waals surface area contributed by atoms with Crippen LogP contribution in [0.2, 0.25) is 0 Å². The molecular weight excluding hydrogens is 813 g/mol. The van der Waals surface area contributed by atoms with E-state index in [9.17, 15) is 40.5 Å². The fraction of sp³-hybridized carbons (Fsp3) is 0.939. The van der Waals surface area contributed by atoms with Crippen molar-refractivity contribution >= 4 is 5.97 Å². The fourth-order valence-electron chi connectivity index (χ4n) is 8.10. The highest BCUT2D eigenvalue weighted by Gasteiger charge is 2.47. The van der Waals surface area contributed by atoms with Gasteiger partial charge in [0.2, 0.25) is 0 Å². The van der Waals surface area contributed by atoms with Crippen molar-refractivity contribution in [2.75, 3.05) is 33.0 Å². The molecule has 11 unspecified atom stereocenters. The summed E-state index contributed by atoms with van der Waals surface area (Å²) < 4.78 is 34.2. The zero-order chi connectivity index (χ0) is 45.9. The third-order valence-corrected chi connectivity index (χ3v) is 12.3. The number of aliphatic hydroxyl groups is 7. The zero-order valence-electron chi connectivity index (χ0n) is 39.3. The van der Waals surface area contributed by atoms with Crippen molar-refractivity contribution in [1.82, 2.24) is 0 Å². The maximum atomic E-state index is 13.0. The minimum Gasteiger partial charge on any atom is -0.457 e. The number of esters is 1. The molecule has 0 saturated carbocycles. The highest BCUT2D eigenvalue weighted by atomic mass is 16.7. The van der Waals surface area contributed by atoms with E-state index < -0.39 is 80.7 Å². The molecule has 14 nitrogen and oxygen atoms in total. The number of ether oxygens (including phenoxy) is 6. The molecule has 2 saturated heterocycles. The van der Waals surface area contributed by atoms with Gasteiger partial charge in [0, 0.05) is 13.0 Å². The Morgan fingerprint density at radius 3 is 1.44 bits per heavy atom. The number of aliphatic hydroxyl groups excluding tert-OH is 7. The van der Waals surface area contributed by atoms with E-state index in [1.54, 1.807) is 0 Å². The molecule has 0 spiro atoms. The molecule has 372 valence electrons. The number of carbonyl (C=O) groups excluding carboxylic acids is 1. The van der Waals surface area contributed by atoms with Crippen LogP contribution in [0.25, 0.3) is 0 Å². The largest absolute Gasteiger partial charge is 0.457 e. The molecule has 2 rings (SSSR count). The van der Waals surface area contributed by atoms with Crippen LogP contribution >= 0.6 is 0 Å². The molecule has 14 heteroatoms. The molecule has 0 aromatic rings. The maximum absolute atomic E-state index is 13.0. The van der Waals surface area contributed by atoms with Crippen molar-refractivity contribution < 1.29 is 69.0 Å². The lowest BCUT2D eigenvalue weighted by Crippen LogP contribution is -2.61. The Morgan fingerprint density at radius 1 is 0.508 bits per heavy atom. The molecule has 0 bridgehead atoms. The number of hydrogen-bond acceptors (Lipinski definition) is 14. The van der Waals surface area contributed by atoms with Crippen molar-refractivity contribution in [2.45, 2.75) is 261 Å².